The van der Waals surface area contributed by atoms with Crippen LogP contribution in [-0.2, 0) is 16.1 Å². The highest BCUT2D eigenvalue weighted by atomic mass is 127. The van der Waals surface area contributed by atoms with E-state index in [-0.39, 0.29) is 5.70 Å². The fourth-order valence-corrected chi connectivity index (χ4v) is 3.63. The number of aliphatic imine (C=N–C) groups is 1. The fraction of sp³-hybridized carbons (Fsp3) is 0.0833. The van der Waals surface area contributed by atoms with Gasteiger partial charge in [0.1, 0.15) is 12.4 Å². The van der Waals surface area contributed by atoms with Gasteiger partial charge in [-0.3, -0.25) is 0 Å². The van der Waals surface area contributed by atoms with E-state index in [2.05, 4.69) is 62.6 Å². The molecule has 0 N–H and O–H groups in total. The second kappa shape index (κ2) is 9.14. The number of halogens is 2. The van der Waals surface area contributed by atoms with Crippen molar-refractivity contribution in [2.24, 2.45) is 4.99 Å². The Morgan fingerprint density at radius 1 is 1.10 bits per heavy atom. The minimum absolute atomic E-state index is 0.272. The van der Waals surface area contributed by atoms with E-state index in [4.69, 9.17) is 9.47 Å². The lowest BCUT2D eigenvalue weighted by Gasteiger charge is -2.08. The number of carbonyl (C=O) groups excluding carboxylic acids is 1. The van der Waals surface area contributed by atoms with Crippen LogP contribution in [0.3, 0.4) is 0 Å². The van der Waals surface area contributed by atoms with Crippen molar-refractivity contribution in [2.75, 3.05) is 0 Å². The van der Waals surface area contributed by atoms with E-state index < -0.39 is 5.97 Å². The topological polar surface area (TPSA) is 47.9 Å². The van der Waals surface area contributed by atoms with Crippen LogP contribution in [0.5, 0.6) is 5.75 Å². The molecule has 0 aliphatic carbocycles. The van der Waals surface area contributed by atoms with E-state index in [9.17, 15) is 4.79 Å². The van der Waals surface area contributed by atoms with Gasteiger partial charge in [0.25, 0.3) is 0 Å². The summed E-state index contributed by atoms with van der Waals surface area (Å²) in [7, 11) is 0. The van der Waals surface area contributed by atoms with Crippen molar-refractivity contribution in [1.82, 2.24) is 0 Å². The molecular formula is C24H17BrINO3. The first-order chi connectivity index (χ1) is 14.5. The average molecular weight is 574 g/mol. The quantitative estimate of drug-likeness (QED) is 0.205. The molecule has 0 saturated heterocycles. The smallest absolute Gasteiger partial charge is 0.363 e. The van der Waals surface area contributed by atoms with Gasteiger partial charge in [-0.2, -0.15) is 0 Å². The SMILES string of the molecule is Cc1ccccc1COc1ccc(/C=C2\N=C(c3ccc(I)c(Br)c3)OC2=O)cc1. The van der Waals surface area contributed by atoms with Crippen LogP contribution in [0.25, 0.3) is 6.08 Å². The van der Waals surface area contributed by atoms with E-state index in [1.54, 1.807) is 6.08 Å². The number of ether oxygens (including phenoxy) is 2. The summed E-state index contributed by atoms with van der Waals surface area (Å²) in [6, 6.07) is 21.4. The zero-order valence-corrected chi connectivity index (χ0v) is 19.8. The molecule has 0 bridgehead atoms. The van der Waals surface area contributed by atoms with E-state index in [0.29, 0.717) is 12.5 Å². The summed E-state index contributed by atoms with van der Waals surface area (Å²) in [5.41, 5.74) is 4.22. The highest BCUT2D eigenvalue weighted by Gasteiger charge is 2.24. The predicted octanol–water partition coefficient (Wildman–Crippen LogP) is 6.29. The second-order valence-corrected chi connectivity index (χ2v) is 8.77. The molecule has 0 spiro atoms. The molecular weight excluding hydrogens is 557 g/mol. The van der Waals surface area contributed by atoms with Crippen LogP contribution < -0.4 is 4.74 Å². The van der Waals surface area contributed by atoms with Crippen molar-refractivity contribution >= 4 is 56.5 Å². The summed E-state index contributed by atoms with van der Waals surface area (Å²) < 4.78 is 13.2. The first-order valence-electron chi connectivity index (χ1n) is 9.25. The summed E-state index contributed by atoms with van der Waals surface area (Å²) in [6.07, 6.45) is 1.71. The molecule has 150 valence electrons. The van der Waals surface area contributed by atoms with Crippen LogP contribution in [0.4, 0.5) is 0 Å². The Bertz CT molecular complexity index is 1170. The number of carbonyl (C=O) groups is 1. The van der Waals surface area contributed by atoms with Crippen LogP contribution in [0.2, 0.25) is 0 Å². The van der Waals surface area contributed by atoms with Gasteiger partial charge in [0.15, 0.2) is 5.70 Å². The van der Waals surface area contributed by atoms with Gasteiger partial charge in [-0.1, -0.05) is 36.4 Å². The molecule has 0 amide bonds. The Balaban J connectivity index is 1.47. The number of nitrogens with zero attached hydrogens (tertiary/aromatic N) is 1. The Hall–Kier alpha value is -2.45. The highest BCUT2D eigenvalue weighted by molar-refractivity contribution is 14.1. The lowest BCUT2D eigenvalue weighted by atomic mass is 10.1. The van der Waals surface area contributed by atoms with Gasteiger partial charge in [-0.15, -0.1) is 0 Å². The number of rotatable bonds is 5. The molecule has 0 fully saturated rings. The number of hydrogen-bond donors (Lipinski definition) is 0. The van der Waals surface area contributed by atoms with Gasteiger partial charge in [0.05, 0.1) is 0 Å². The predicted molar refractivity (Wildman–Crippen MR) is 129 cm³/mol. The van der Waals surface area contributed by atoms with Crippen LogP contribution in [0.1, 0.15) is 22.3 Å². The summed E-state index contributed by atoms with van der Waals surface area (Å²) in [5.74, 6) is 0.614. The van der Waals surface area contributed by atoms with Crippen LogP contribution in [0, 0.1) is 10.5 Å². The van der Waals surface area contributed by atoms with Gasteiger partial charge in [-0.25, -0.2) is 9.79 Å². The van der Waals surface area contributed by atoms with Crippen LogP contribution in [-0.4, -0.2) is 11.9 Å². The number of benzene rings is 3. The molecule has 3 aromatic carbocycles. The number of cyclic esters (lactones) is 1. The summed E-state index contributed by atoms with van der Waals surface area (Å²) in [5, 5.41) is 0. The van der Waals surface area contributed by atoms with Crippen molar-refractivity contribution in [3.63, 3.8) is 0 Å². The van der Waals surface area contributed by atoms with Crippen molar-refractivity contribution in [3.05, 3.63) is 103 Å². The largest absolute Gasteiger partial charge is 0.489 e. The summed E-state index contributed by atoms with van der Waals surface area (Å²) >= 11 is 5.71. The highest BCUT2D eigenvalue weighted by Crippen LogP contribution is 2.25. The van der Waals surface area contributed by atoms with Gasteiger partial charge in [-0.05, 0) is 98.5 Å². The molecule has 0 unspecified atom stereocenters. The standard InChI is InChI=1S/C24H17BrINO3/c1-15-4-2-3-5-18(15)14-29-19-9-6-16(7-10-19)12-22-24(28)30-23(27-22)17-8-11-21(26)20(25)13-17/h2-13H,14H2,1H3/b22-12-. The van der Waals surface area contributed by atoms with Crippen molar-refractivity contribution < 1.29 is 14.3 Å². The number of aryl methyl sites for hydroxylation is 1. The molecule has 1 heterocycles. The molecule has 0 aromatic heterocycles. The van der Waals surface area contributed by atoms with E-state index in [0.717, 1.165) is 30.5 Å². The zero-order chi connectivity index (χ0) is 21.1. The Kier molecular flexibility index (Phi) is 6.34. The maximum Gasteiger partial charge on any atom is 0.363 e. The van der Waals surface area contributed by atoms with E-state index in [1.165, 1.54) is 5.56 Å². The molecule has 1 aliphatic heterocycles. The van der Waals surface area contributed by atoms with Crippen molar-refractivity contribution in [1.29, 1.82) is 0 Å². The molecule has 4 nitrogen and oxygen atoms in total. The summed E-state index contributed by atoms with van der Waals surface area (Å²) in [6.45, 7) is 2.58. The molecule has 0 saturated carbocycles. The molecule has 30 heavy (non-hydrogen) atoms. The third-order valence-electron chi connectivity index (χ3n) is 4.63. The lowest BCUT2D eigenvalue weighted by Crippen LogP contribution is -2.05. The van der Waals surface area contributed by atoms with E-state index >= 15 is 0 Å². The minimum Gasteiger partial charge on any atom is -0.489 e. The monoisotopic (exact) mass is 573 g/mol. The minimum atomic E-state index is -0.459. The van der Waals surface area contributed by atoms with Gasteiger partial charge < -0.3 is 9.47 Å². The van der Waals surface area contributed by atoms with Gasteiger partial charge >= 0.3 is 5.97 Å². The first-order valence-corrected chi connectivity index (χ1v) is 11.1. The van der Waals surface area contributed by atoms with Gasteiger partial charge in [0, 0.05) is 13.6 Å². The third kappa shape index (κ3) is 4.82. The first kappa shape index (κ1) is 20.8. The molecule has 0 radical (unpaired) electrons. The van der Waals surface area contributed by atoms with Crippen molar-refractivity contribution in [3.8, 4) is 5.75 Å². The van der Waals surface area contributed by atoms with E-state index in [1.807, 2.05) is 54.6 Å². The Labute approximate surface area is 196 Å². The Morgan fingerprint density at radius 3 is 2.60 bits per heavy atom. The Morgan fingerprint density at radius 2 is 1.87 bits per heavy atom. The second-order valence-electron chi connectivity index (χ2n) is 6.75. The maximum absolute atomic E-state index is 12.2. The van der Waals surface area contributed by atoms with Crippen molar-refractivity contribution in [2.45, 2.75) is 13.5 Å². The van der Waals surface area contributed by atoms with Crippen LogP contribution >= 0.6 is 38.5 Å². The summed E-state index contributed by atoms with van der Waals surface area (Å²) in [4.78, 5) is 16.6. The fourth-order valence-electron chi connectivity index (χ4n) is 2.91. The third-order valence-corrected chi connectivity index (χ3v) is 6.96. The molecule has 0 atom stereocenters. The number of esters is 1. The average Bonchev–Trinajstić information content (AvgIpc) is 3.11. The molecule has 6 heteroatoms. The maximum atomic E-state index is 12.2. The molecule has 1 aliphatic rings. The normalized spacial score (nSPS) is 14.6. The molecule has 4 rings (SSSR count). The van der Waals surface area contributed by atoms with Crippen LogP contribution in [0.15, 0.2) is 81.9 Å². The lowest BCUT2D eigenvalue weighted by molar-refractivity contribution is -0.129. The van der Waals surface area contributed by atoms with Gasteiger partial charge in [0.2, 0.25) is 5.90 Å². The number of hydrogen-bond acceptors (Lipinski definition) is 4. The molecule has 3 aromatic rings. The zero-order valence-electron chi connectivity index (χ0n) is 16.1.